The minimum absolute atomic E-state index is 0.565. The van der Waals surface area contributed by atoms with Gasteiger partial charge < -0.3 is 5.32 Å². The van der Waals surface area contributed by atoms with Crippen LogP contribution in [0.2, 0.25) is 0 Å². The van der Waals surface area contributed by atoms with Gasteiger partial charge in [0, 0.05) is 38.4 Å². The van der Waals surface area contributed by atoms with E-state index in [2.05, 4.69) is 35.2 Å². The van der Waals surface area contributed by atoms with Crippen LogP contribution >= 0.6 is 0 Å². The van der Waals surface area contributed by atoms with Crippen LogP contribution in [0.25, 0.3) is 0 Å². The Morgan fingerprint density at radius 3 is 2.89 bits per heavy atom. The molecule has 1 saturated heterocycles. The average Bonchev–Trinajstić information content (AvgIpc) is 2.75. The lowest BCUT2D eigenvalue weighted by Gasteiger charge is -2.32. The third kappa shape index (κ3) is 3.82. The van der Waals surface area contributed by atoms with Gasteiger partial charge in [-0.1, -0.05) is 6.42 Å². The van der Waals surface area contributed by atoms with Gasteiger partial charge in [-0.15, -0.1) is 0 Å². The van der Waals surface area contributed by atoms with E-state index in [4.69, 9.17) is 0 Å². The summed E-state index contributed by atoms with van der Waals surface area (Å²) in [6.45, 7) is 7.81. The predicted molar refractivity (Wildman–Crippen MR) is 74.4 cm³/mol. The summed E-state index contributed by atoms with van der Waals surface area (Å²) in [5, 5.41) is 8.11. The van der Waals surface area contributed by atoms with Gasteiger partial charge in [0.1, 0.15) is 0 Å². The quantitative estimate of drug-likeness (QED) is 0.864. The molecule has 1 aliphatic rings. The highest BCUT2D eigenvalue weighted by molar-refractivity contribution is 4.99. The van der Waals surface area contributed by atoms with Crippen molar-refractivity contribution in [3.8, 4) is 0 Å². The number of aryl methyl sites for hydroxylation is 1. The van der Waals surface area contributed by atoms with E-state index in [1.807, 2.05) is 17.9 Å². The van der Waals surface area contributed by atoms with Gasteiger partial charge >= 0.3 is 0 Å². The Kier molecular flexibility index (Phi) is 4.78. The smallest absolute Gasteiger partial charge is 0.0764 e. The molecule has 1 atom stereocenters. The molecule has 2 rings (SSSR count). The van der Waals surface area contributed by atoms with Crippen molar-refractivity contribution in [1.29, 1.82) is 0 Å². The first-order valence-electron chi connectivity index (χ1n) is 7.11. The Labute approximate surface area is 110 Å². The Morgan fingerprint density at radius 1 is 1.50 bits per heavy atom. The summed E-state index contributed by atoms with van der Waals surface area (Å²) in [6.07, 6.45) is 6.03. The standard InChI is InChI=1S/C14H26N4/c1-12(2)18(10-13-6-4-5-8-15-13)11-14-7-9-17(3)16-14/h7,9,12-13,15H,4-6,8,10-11H2,1-3H3. The molecule has 0 aromatic carbocycles. The molecule has 4 heteroatoms. The third-order valence-corrected chi connectivity index (χ3v) is 3.73. The Hall–Kier alpha value is -0.870. The van der Waals surface area contributed by atoms with Crippen LogP contribution in [-0.4, -0.2) is 39.9 Å². The molecule has 102 valence electrons. The van der Waals surface area contributed by atoms with Crippen LogP contribution in [0.3, 0.4) is 0 Å². The minimum Gasteiger partial charge on any atom is -0.313 e. The van der Waals surface area contributed by atoms with E-state index in [9.17, 15) is 0 Å². The van der Waals surface area contributed by atoms with Crippen molar-refractivity contribution in [2.75, 3.05) is 13.1 Å². The first kappa shape index (κ1) is 13.6. The van der Waals surface area contributed by atoms with Crippen molar-refractivity contribution in [1.82, 2.24) is 20.0 Å². The molecule has 1 N–H and O–H groups in total. The van der Waals surface area contributed by atoms with Crippen LogP contribution in [0, 0.1) is 0 Å². The van der Waals surface area contributed by atoms with E-state index < -0.39 is 0 Å². The minimum atomic E-state index is 0.565. The Bertz CT molecular complexity index is 352. The largest absolute Gasteiger partial charge is 0.313 e. The molecule has 1 aromatic heterocycles. The zero-order chi connectivity index (χ0) is 13.0. The molecule has 2 heterocycles. The number of rotatable bonds is 5. The third-order valence-electron chi connectivity index (χ3n) is 3.73. The second-order valence-corrected chi connectivity index (χ2v) is 5.65. The maximum Gasteiger partial charge on any atom is 0.0764 e. The topological polar surface area (TPSA) is 33.1 Å². The number of piperidine rings is 1. The molecule has 1 aliphatic heterocycles. The second kappa shape index (κ2) is 6.34. The number of hydrogen-bond acceptors (Lipinski definition) is 3. The first-order chi connectivity index (χ1) is 8.65. The van der Waals surface area contributed by atoms with Crippen LogP contribution in [0.15, 0.2) is 12.3 Å². The fraction of sp³-hybridized carbons (Fsp3) is 0.786. The molecule has 0 spiro atoms. The number of aromatic nitrogens is 2. The average molecular weight is 250 g/mol. The second-order valence-electron chi connectivity index (χ2n) is 5.65. The highest BCUT2D eigenvalue weighted by Crippen LogP contribution is 2.12. The summed E-state index contributed by atoms with van der Waals surface area (Å²) in [4.78, 5) is 2.52. The van der Waals surface area contributed by atoms with Gasteiger partial charge in [0.25, 0.3) is 0 Å². The number of nitrogens with one attached hydrogen (secondary N) is 1. The monoisotopic (exact) mass is 250 g/mol. The summed E-state index contributed by atoms with van der Waals surface area (Å²) in [7, 11) is 1.98. The van der Waals surface area contributed by atoms with E-state index in [1.54, 1.807) is 0 Å². The van der Waals surface area contributed by atoms with Gasteiger partial charge in [-0.25, -0.2) is 0 Å². The summed E-state index contributed by atoms with van der Waals surface area (Å²) < 4.78 is 1.88. The van der Waals surface area contributed by atoms with Crippen LogP contribution in [-0.2, 0) is 13.6 Å². The molecule has 18 heavy (non-hydrogen) atoms. The van der Waals surface area contributed by atoms with E-state index in [0.29, 0.717) is 12.1 Å². The first-order valence-corrected chi connectivity index (χ1v) is 7.11. The lowest BCUT2D eigenvalue weighted by Crippen LogP contribution is -2.45. The highest BCUT2D eigenvalue weighted by Gasteiger charge is 2.19. The molecule has 0 amide bonds. The van der Waals surface area contributed by atoms with Crippen molar-refractivity contribution < 1.29 is 0 Å². The molecule has 1 fully saturated rings. The SMILES string of the molecule is CC(C)N(Cc1ccn(C)n1)CC1CCCCN1. The zero-order valence-corrected chi connectivity index (χ0v) is 11.9. The van der Waals surface area contributed by atoms with Crippen molar-refractivity contribution in [2.45, 2.75) is 51.7 Å². The summed E-state index contributed by atoms with van der Waals surface area (Å²) in [5.41, 5.74) is 1.17. The molecular weight excluding hydrogens is 224 g/mol. The summed E-state index contributed by atoms with van der Waals surface area (Å²) >= 11 is 0. The molecule has 0 saturated carbocycles. The molecule has 0 bridgehead atoms. The van der Waals surface area contributed by atoms with Gasteiger partial charge in [0.15, 0.2) is 0 Å². The number of nitrogens with zero attached hydrogens (tertiary/aromatic N) is 3. The van der Waals surface area contributed by atoms with Crippen molar-refractivity contribution in [3.63, 3.8) is 0 Å². The summed E-state index contributed by atoms with van der Waals surface area (Å²) in [5.74, 6) is 0. The van der Waals surface area contributed by atoms with Gasteiger partial charge in [0.05, 0.1) is 5.69 Å². The molecule has 0 aliphatic carbocycles. The highest BCUT2D eigenvalue weighted by atomic mass is 15.3. The van der Waals surface area contributed by atoms with Crippen LogP contribution < -0.4 is 5.32 Å². The molecule has 1 unspecified atom stereocenters. The fourth-order valence-electron chi connectivity index (χ4n) is 2.58. The maximum atomic E-state index is 4.48. The normalized spacial score (nSPS) is 20.8. The molecule has 1 aromatic rings. The molecular formula is C14H26N4. The molecule has 0 radical (unpaired) electrons. The van der Waals surface area contributed by atoms with E-state index >= 15 is 0 Å². The maximum absolute atomic E-state index is 4.48. The van der Waals surface area contributed by atoms with Crippen LogP contribution in [0.5, 0.6) is 0 Å². The lowest BCUT2D eigenvalue weighted by molar-refractivity contribution is 0.175. The van der Waals surface area contributed by atoms with Crippen molar-refractivity contribution in [3.05, 3.63) is 18.0 Å². The van der Waals surface area contributed by atoms with Crippen molar-refractivity contribution >= 4 is 0 Å². The van der Waals surface area contributed by atoms with Crippen LogP contribution in [0.1, 0.15) is 38.8 Å². The predicted octanol–water partition coefficient (Wildman–Crippen LogP) is 1.77. The summed E-state index contributed by atoms with van der Waals surface area (Å²) in [6, 6.07) is 3.34. The fourth-order valence-corrected chi connectivity index (χ4v) is 2.58. The van der Waals surface area contributed by atoms with Gasteiger partial charge in [-0.05, 0) is 39.3 Å². The Morgan fingerprint density at radius 2 is 2.33 bits per heavy atom. The Balaban J connectivity index is 1.90. The van der Waals surface area contributed by atoms with Crippen molar-refractivity contribution in [2.24, 2.45) is 7.05 Å². The van der Waals surface area contributed by atoms with Gasteiger partial charge in [-0.2, -0.15) is 5.10 Å². The number of hydrogen-bond donors (Lipinski definition) is 1. The van der Waals surface area contributed by atoms with Gasteiger partial charge in [-0.3, -0.25) is 9.58 Å². The van der Waals surface area contributed by atoms with E-state index in [0.717, 1.165) is 13.1 Å². The van der Waals surface area contributed by atoms with E-state index in [1.165, 1.54) is 31.5 Å². The molecule has 4 nitrogen and oxygen atoms in total. The van der Waals surface area contributed by atoms with E-state index in [-0.39, 0.29) is 0 Å². The van der Waals surface area contributed by atoms with Crippen LogP contribution in [0.4, 0.5) is 0 Å². The van der Waals surface area contributed by atoms with Gasteiger partial charge in [0.2, 0.25) is 0 Å². The zero-order valence-electron chi connectivity index (χ0n) is 11.9. The lowest BCUT2D eigenvalue weighted by atomic mass is 10.0.